The van der Waals surface area contributed by atoms with Crippen molar-refractivity contribution >= 4 is 46.1 Å². The van der Waals surface area contributed by atoms with Crippen molar-refractivity contribution in [3.63, 3.8) is 0 Å². The van der Waals surface area contributed by atoms with Crippen LogP contribution in [-0.4, -0.2) is 25.0 Å². The number of thiocarbonyl (C=S) groups is 1. The first-order chi connectivity index (χ1) is 9.58. The van der Waals surface area contributed by atoms with Crippen molar-refractivity contribution in [1.29, 1.82) is 0 Å². The van der Waals surface area contributed by atoms with Gasteiger partial charge in [-0.2, -0.15) is 5.10 Å². The Labute approximate surface area is 138 Å². The Balaban J connectivity index is 2.88. The SMILES string of the molecule is CCCCOc1c(I)cc(/C=N\NC(N)=S)cc1OC. The van der Waals surface area contributed by atoms with Crippen LogP contribution in [0.4, 0.5) is 0 Å². The van der Waals surface area contributed by atoms with Crippen molar-refractivity contribution in [3.05, 3.63) is 21.3 Å². The van der Waals surface area contributed by atoms with E-state index in [9.17, 15) is 0 Å². The number of hydrogen-bond donors (Lipinski definition) is 2. The van der Waals surface area contributed by atoms with Gasteiger partial charge in [0.05, 0.1) is 23.5 Å². The molecular formula is C13H18IN3O2S. The van der Waals surface area contributed by atoms with Crippen molar-refractivity contribution in [3.8, 4) is 11.5 Å². The molecule has 20 heavy (non-hydrogen) atoms. The van der Waals surface area contributed by atoms with Gasteiger partial charge in [-0.3, -0.25) is 5.43 Å². The van der Waals surface area contributed by atoms with E-state index in [0.29, 0.717) is 12.4 Å². The number of nitrogens with zero attached hydrogens (tertiary/aromatic N) is 1. The number of ether oxygens (including phenoxy) is 2. The standard InChI is InChI=1S/C13H18IN3O2S/c1-3-4-5-19-12-10(14)6-9(7-11(12)18-2)8-16-17-13(15)20/h6-8H,3-5H2,1-2H3,(H3,15,17,20)/b16-8-. The van der Waals surface area contributed by atoms with E-state index in [0.717, 1.165) is 27.7 Å². The van der Waals surface area contributed by atoms with Crippen molar-refractivity contribution in [1.82, 2.24) is 5.43 Å². The van der Waals surface area contributed by atoms with Crippen LogP contribution in [0.5, 0.6) is 11.5 Å². The van der Waals surface area contributed by atoms with E-state index in [1.807, 2.05) is 12.1 Å². The highest BCUT2D eigenvalue weighted by Crippen LogP contribution is 2.33. The highest BCUT2D eigenvalue weighted by atomic mass is 127. The maximum atomic E-state index is 5.76. The molecule has 0 aromatic heterocycles. The number of rotatable bonds is 7. The minimum atomic E-state index is 0.127. The van der Waals surface area contributed by atoms with Crippen LogP contribution < -0.4 is 20.6 Å². The zero-order valence-corrected chi connectivity index (χ0v) is 14.5. The summed E-state index contributed by atoms with van der Waals surface area (Å²) in [5.41, 5.74) is 8.68. The Morgan fingerprint density at radius 2 is 2.30 bits per heavy atom. The van der Waals surface area contributed by atoms with Gasteiger partial charge in [0.15, 0.2) is 16.6 Å². The third-order valence-corrected chi connectivity index (χ3v) is 3.28. The van der Waals surface area contributed by atoms with E-state index in [2.05, 4.69) is 52.3 Å². The van der Waals surface area contributed by atoms with Gasteiger partial charge in [0.25, 0.3) is 0 Å². The molecule has 0 fully saturated rings. The summed E-state index contributed by atoms with van der Waals surface area (Å²) in [6.45, 7) is 2.80. The first-order valence-electron chi connectivity index (χ1n) is 6.17. The molecular weight excluding hydrogens is 389 g/mol. The summed E-state index contributed by atoms with van der Waals surface area (Å²) < 4.78 is 12.1. The van der Waals surface area contributed by atoms with Gasteiger partial charge >= 0.3 is 0 Å². The number of hydrazone groups is 1. The topological polar surface area (TPSA) is 68.9 Å². The molecule has 0 spiro atoms. The van der Waals surface area contributed by atoms with Gasteiger partial charge in [0, 0.05) is 0 Å². The van der Waals surface area contributed by atoms with Crippen LogP contribution in [0.1, 0.15) is 25.3 Å². The number of unbranched alkanes of at least 4 members (excludes halogenated alkanes) is 1. The maximum Gasteiger partial charge on any atom is 0.184 e. The second-order valence-corrected chi connectivity index (χ2v) is 5.57. The summed E-state index contributed by atoms with van der Waals surface area (Å²) in [6, 6.07) is 3.81. The minimum absolute atomic E-state index is 0.127. The lowest BCUT2D eigenvalue weighted by atomic mass is 10.2. The maximum absolute atomic E-state index is 5.76. The number of nitrogens with one attached hydrogen (secondary N) is 1. The summed E-state index contributed by atoms with van der Waals surface area (Å²) >= 11 is 6.89. The molecule has 5 nitrogen and oxygen atoms in total. The summed E-state index contributed by atoms with van der Waals surface area (Å²) in [5, 5.41) is 4.05. The third-order valence-electron chi connectivity index (χ3n) is 2.38. The highest BCUT2D eigenvalue weighted by molar-refractivity contribution is 14.1. The van der Waals surface area contributed by atoms with Gasteiger partial charge in [-0.1, -0.05) is 13.3 Å². The molecule has 7 heteroatoms. The van der Waals surface area contributed by atoms with Crippen LogP contribution in [0.2, 0.25) is 0 Å². The third kappa shape index (κ3) is 5.49. The van der Waals surface area contributed by atoms with Gasteiger partial charge in [-0.25, -0.2) is 0 Å². The number of hydrogen-bond acceptors (Lipinski definition) is 4. The van der Waals surface area contributed by atoms with Gasteiger partial charge in [-0.15, -0.1) is 0 Å². The molecule has 1 aromatic rings. The first kappa shape index (κ1) is 17.0. The summed E-state index contributed by atoms with van der Waals surface area (Å²) in [6.07, 6.45) is 3.73. The van der Waals surface area contributed by atoms with E-state index in [-0.39, 0.29) is 5.11 Å². The lowest BCUT2D eigenvalue weighted by Gasteiger charge is -2.13. The summed E-state index contributed by atoms with van der Waals surface area (Å²) in [5.74, 6) is 1.45. The Morgan fingerprint density at radius 3 is 2.90 bits per heavy atom. The first-order valence-corrected chi connectivity index (χ1v) is 7.66. The molecule has 0 unspecified atom stereocenters. The second-order valence-electron chi connectivity index (χ2n) is 3.97. The number of nitrogens with two attached hydrogens (primary N) is 1. The molecule has 0 radical (unpaired) electrons. The van der Waals surface area contributed by atoms with Crippen molar-refractivity contribution < 1.29 is 9.47 Å². The lowest BCUT2D eigenvalue weighted by Crippen LogP contribution is -2.24. The molecule has 1 rings (SSSR count). The van der Waals surface area contributed by atoms with Gasteiger partial charge in [0.1, 0.15) is 0 Å². The normalized spacial score (nSPS) is 10.6. The Bertz CT molecular complexity index is 495. The van der Waals surface area contributed by atoms with E-state index in [1.165, 1.54) is 0 Å². The molecule has 0 saturated heterocycles. The minimum Gasteiger partial charge on any atom is -0.493 e. The summed E-state index contributed by atoms with van der Waals surface area (Å²) in [7, 11) is 1.62. The molecule has 1 aromatic carbocycles. The van der Waals surface area contributed by atoms with Gasteiger partial charge < -0.3 is 15.2 Å². The van der Waals surface area contributed by atoms with Crippen LogP contribution in [0.25, 0.3) is 0 Å². The molecule has 0 bridgehead atoms. The fraction of sp³-hybridized carbons (Fsp3) is 0.385. The molecule has 0 aliphatic heterocycles. The molecule has 0 saturated carbocycles. The van der Waals surface area contributed by atoms with Crippen LogP contribution in [0.15, 0.2) is 17.2 Å². The molecule has 0 heterocycles. The quantitative estimate of drug-likeness (QED) is 0.239. The Kier molecular flexibility index (Phi) is 7.60. The van der Waals surface area contributed by atoms with Crippen molar-refractivity contribution in [2.45, 2.75) is 19.8 Å². The molecule has 3 N–H and O–H groups in total. The second kappa shape index (κ2) is 8.96. The predicted octanol–water partition coefficient (Wildman–Crippen LogP) is 2.65. The van der Waals surface area contributed by atoms with Crippen LogP contribution in [-0.2, 0) is 0 Å². The fourth-order valence-corrected chi connectivity index (χ4v) is 2.28. The molecule has 0 aliphatic rings. The highest BCUT2D eigenvalue weighted by Gasteiger charge is 2.10. The molecule has 0 atom stereocenters. The average Bonchev–Trinajstić information content (AvgIpc) is 2.40. The average molecular weight is 407 g/mol. The number of methoxy groups -OCH3 is 1. The lowest BCUT2D eigenvalue weighted by molar-refractivity contribution is 0.286. The van der Waals surface area contributed by atoms with Crippen LogP contribution in [0, 0.1) is 3.57 Å². The van der Waals surface area contributed by atoms with E-state index < -0.39 is 0 Å². The van der Waals surface area contributed by atoms with Crippen LogP contribution in [0.3, 0.4) is 0 Å². The largest absolute Gasteiger partial charge is 0.493 e. The molecule has 110 valence electrons. The van der Waals surface area contributed by atoms with Crippen molar-refractivity contribution in [2.75, 3.05) is 13.7 Å². The van der Waals surface area contributed by atoms with Crippen molar-refractivity contribution in [2.24, 2.45) is 10.8 Å². The fourth-order valence-electron chi connectivity index (χ4n) is 1.44. The Hall–Kier alpha value is -1.09. The predicted molar refractivity (Wildman–Crippen MR) is 93.6 cm³/mol. The number of benzene rings is 1. The monoisotopic (exact) mass is 407 g/mol. The zero-order valence-electron chi connectivity index (χ0n) is 11.5. The smallest absolute Gasteiger partial charge is 0.184 e. The zero-order chi connectivity index (χ0) is 15.0. The van der Waals surface area contributed by atoms with E-state index in [4.69, 9.17) is 15.2 Å². The molecule has 0 aliphatic carbocycles. The van der Waals surface area contributed by atoms with Crippen LogP contribution >= 0.6 is 34.8 Å². The Morgan fingerprint density at radius 1 is 1.55 bits per heavy atom. The molecule has 0 amide bonds. The van der Waals surface area contributed by atoms with Gasteiger partial charge in [-0.05, 0) is 58.9 Å². The van der Waals surface area contributed by atoms with Gasteiger partial charge in [0.2, 0.25) is 0 Å². The number of halogens is 1. The van der Waals surface area contributed by atoms with E-state index >= 15 is 0 Å². The summed E-state index contributed by atoms with van der Waals surface area (Å²) in [4.78, 5) is 0. The van der Waals surface area contributed by atoms with E-state index in [1.54, 1.807) is 13.3 Å².